The summed E-state index contributed by atoms with van der Waals surface area (Å²) in [5.74, 6) is -13.9. The average Bonchev–Trinajstić information content (AvgIpc) is 1.86. The van der Waals surface area contributed by atoms with E-state index < -0.39 is 169 Å². The third-order valence-corrected chi connectivity index (χ3v) is 15.9. The molecule has 0 aliphatic heterocycles. The van der Waals surface area contributed by atoms with Crippen LogP contribution in [0.3, 0.4) is 0 Å². The number of carboxylic acid groups (broad SMARTS) is 3. The zero-order valence-electron chi connectivity index (χ0n) is 52.1. The maximum atomic E-state index is 15.2. The number of likely N-dealkylation sites (N-methyl/N-ethyl adjacent to an activating group) is 1. The molecule has 1 fully saturated rings. The quantitative estimate of drug-likeness (QED) is 0.0378. The van der Waals surface area contributed by atoms with Crippen LogP contribution in [-0.4, -0.2) is 180 Å². The Kier molecular flexibility index (Phi) is 30.0. The van der Waals surface area contributed by atoms with Crippen molar-refractivity contribution in [2.75, 3.05) is 13.7 Å². The third-order valence-electron chi connectivity index (χ3n) is 15.9. The summed E-state index contributed by atoms with van der Waals surface area (Å²) in [6, 6.07) is 2.66. The zero-order chi connectivity index (χ0) is 66.8. The number of nitrogens with one attached hydrogen (secondary N) is 9. The molecule has 3 aromatic rings. The van der Waals surface area contributed by atoms with E-state index in [-0.39, 0.29) is 37.5 Å². The van der Waals surface area contributed by atoms with Crippen LogP contribution < -0.4 is 48.3 Å². The van der Waals surface area contributed by atoms with Gasteiger partial charge in [0, 0.05) is 37.7 Å². The van der Waals surface area contributed by atoms with Gasteiger partial charge in [-0.2, -0.15) is 0 Å². The maximum Gasteiger partial charge on any atom is 0.326 e. The number of aliphatic carboxylic acids is 3. The second-order valence-corrected chi connectivity index (χ2v) is 23.4. The van der Waals surface area contributed by atoms with Crippen LogP contribution in [0.4, 0.5) is 0 Å². The summed E-state index contributed by atoms with van der Waals surface area (Å²) in [5.41, 5.74) is 7.27. The van der Waals surface area contributed by atoms with Gasteiger partial charge in [-0.05, 0) is 61.5 Å². The Hall–Kier alpha value is -8.79. The number of H-pyrrole nitrogens is 1. The van der Waals surface area contributed by atoms with Crippen molar-refractivity contribution in [3.8, 4) is 0 Å². The molecule has 0 saturated heterocycles. The van der Waals surface area contributed by atoms with Crippen LogP contribution in [-0.2, 0) is 64.0 Å². The number of imidazole rings is 1. The molecule has 494 valence electrons. The Morgan fingerprint density at radius 1 is 0.611 bits per heavy atom. The molecule has 90 heavy (non-hydrogen) atoms. The number of aliphatic hydroxyl groups is 1. The molecule has 28 nitrogen and oxygen atoms in total. The van der Waals surface area contributed by atoms with E-state index in [0.29, 0.717) is 23.2 Å². The van der Waals surface area contributed by atoms with Crippen molar-refractivity contribution < 1.29 is 78.0 Å². The van der Waals surface area contributed by atoms with Crippen LogP contribution in [0.15, 0.2) is 73.2 Å². The number of aromatic nitrogens is 2. The summed E-state index contributed by atoms with van der Waals surface area (Å²) in [5, 5.41) is 59.6. The third kappa shape index (κ3) is 23.0. The molecule has 0 unspecified atom stereocenters. The van der Waals surface area contributed by atoms with E-state index in [9.17, 15) is 73.2 Å². The van der Waals surface area contributed by atoms with Gasteiger partial charge in [0.05, 0.1) is 25.4 Å². The minimum atomic E-state index is -1.67. The first kappa shape index (κ1) is 73.7. The highest BCUT2D eigenvalue weighted by molar-refractivity contribution is 5.99. The molecule has 4 rings (SSSR count). The zero-order valence-corrected chi connectivity index (χ0v) is 52.1. The van der Waals surface area contributed by atoms with Crippen molar-refractivity contribution in [1.82, 2.24) is 57.4 Å². The van der Waals surface area contributed by atoms with Crippen molar-refractivity contribution >= 4 is 71.1 Å². The fourth-order valence-corrected chi connectivity index (χ4v) is 10.7. The fourth-order valence-electron chi connectivity index (χ4n) is 10.7. The van der Waals surface area contributed by atoms with Gasteiger partial charge in [0.15, 0.2) is 0 Å². The van der Waals surface area contributed by atoms with Gasteiger partial charge in [-0.1, -0.05) is 134 Å². The molecule has 1 heterocycles. The molecule has 2 aromatic carbocycles. The maximum absolute atomic E-state index is 15.2. The predicted octanol–water partition coefficient (Wildman–Crippen LogP) is 0.726. The summed E-state index contributed by atoms with van der Waals surface area (Å²) in [4.78, 5) is 171. The number of nitrogens with zero attached hydrogens (tertiary/aromatic N) is 2. The van der Waals surface area contributed by atoms with Gasteiger partial charge in [-0.3, -0.25) is 52.7 Å². The molecule has 0 spiro atoms. The second-order valence-electron chi connectivity index (χ2n) is 23.4. The highest BCUT2D eigenvalue weighted by Gasteiger charge is 2.41. The molecule has 28 heteroatoms. The Balaban J connectivity index is 1.62. The van der Waals surface area contributed by atoms with Gasteiger partial charge in [-0.25, -0.2) is 9.78 Å². The van der Waals surface area contributed by atoms with Gasteiger partial charge >= 0.3 is 17.9 Å². The van der Waals surface area contributed by atoms with Crippen LogP contribution in [0.2, 0.25) is 0 Å². The lowest BCUT2D eigenvalue weighted by atomic mass is 9.83. The topological polar surface area (TPSA) is 440 Å². The number of benzene rings is 2. The Bertz CT molecular complexity index is 2850. The van der Waals surface area contributed by atoms with Gasteiger partial charge in [0.25, 0.3) is 0 Å². The summed E-state index contributed by atoms with van der Waals surface area (Å²) in [7, 11) is 1.37. The molecule has 0 bridgehead atoms. The minimum absolute atomic E-state index is 0.00645. The molecule has 1 saturated carbocycles. The number of aliphatic hydroxyl groups excluding tert-OH is 1. The SMILES string of the molecule is CC[C@H](C)[C@H](NC(=O)[C@@H](NC(=O)[C@H](CCC(=O)O)NC(=O)[C@@H](N)CC(=O)O)C(c1ccccc1)c1ccccc1)C(=O)N[C@@H](CC1CCCCC1)C(=O)N(C)[C@@H](CC)C(=O)N[C@@H](C)C(=O)N[C@@H](CO)C(=O)N[C@@H](Cc1cnc[nH]1)C(=O)N[C@@H](CC(C)C)C(=O)O. The van der Waals surface area contributed by atoms with Gasteiger partial charge in [0.1, 0.15) is 54.4 Å². The number of rotatable bonds is 37. The first-order chi connectivity index (χ1) is 42.7. The Morgan fingerprint density at radius 3 is 1.67 bits per heavy atom. The van der Waals surface area contributed by atoms with Crippen LogP contribution in [0.1, 0.15) is 141 Å². The smallest absolute Gasteiger partial charge is 0.326 e. The number of aromatic amines is 1. The normalized spacial score (nSPS) is 16.1. The highest BCUT2D eigenvalue weighted by atomic mass is 16.4. The molecular formula is C62H90N12O16. The molecule has 1 aliphatic carbocycles. The standard InChI is InChI=1S/C62H90N12O16/c1-8-35(5)51(72-60(87)52(50(38-21-15-11-16-22-38)39-23-17-12-18-24-39)73-55(82)42(25-26-48(76)77)67-54(81)41(63)30-49(78)79)59(86)69-44(28-37-19-13-10-14-20-37)61(88)74(7)47(9-2)58(85)66-36(6)53(80)71-46(32-75)57(84)68-43(29-40-31-64-33-65-40)56(83)70-45(62(89)90)27-34(3)4/h11-12,15-18,21-24,31,33-37,41-47,50-52,75H,8-10,13-14,19-20,25-30,32,63H2,1-7H3,(H,64,65)(H,66,85)(H,67,81)(H,68,84)(H,69,86)(H,70,83)(H,71,80)(H,72,87)(H,73,82)(H,76,77)(H,78,79)(H,89,90)/t35-,36-,41-,42-,43-,44-,45-,46-,47-,51-,52-/m0/s1. The van der Waals surface area contributed by atoms with Crippen LogP contribution in [0, 0.1) is 17.8 Å². The number of carboxylic acids is 3. The highest BCUT2D eigenvalue weighted by Crippen LogP contribution is 2.31. The van der Waals surface area contributed by atoms with E-state index in [4.69, 9.17) is 5.73 Å². The average molecular weight is 1260 g/mol. The second kappa shape index (κ2) is 36.6. The van der Waals surface area contributed by atoms with E-state index in [2.05, 4.69) is 52.5 Å². The monoisotopic (exact) mass is 1260 g/mol. The number of hydrogen-bond donors (Lipinski definition) is 14. The van der Waals surface area contributed by atoms with E-state index in [1.54, 1.807) is 95.3 Å². The predicted molar refractivity (Wildman–Crippen MR) is 327 cm³/mol. The lowest BCUT2D eigenvalue weighted by Crippen LogP contribution is -2.62. The van der Waals surface area contributed by atoms with Crippen molar-refractivity contribution in [3.05, 3.63) is 90.0 Å². The number of hydrogen-bond acceptors (Lipinski definition) is 15. The number of amides is 9. The molecular weight excluding hydrogens is 1170 g/mol. The van der Waals surface area contributed by atoms with E-state index >= 15 is 4.79 Å². The van der Waals surface area contributed by atoms with Crippen molar-refractivity contribution in [1.29, 1.82) is 0 Å². The lowest BCUT2D eigenvalue weighted by molar-refractivity contribution is -0.143. The van der Waals surface area contributed by atoms with Crippen LogP contribution in [0.25, 0.3) is 0 Å². The minimum Gasteiger partial charge on any atom is -0.481 e. The first-order valence-electron chi connectivity index (χ1n) is 30.5. The Morgan fingerprint density at radius 2 is 1.14 bits per heavy atom. The summed E-state index contributed by atoms with van der Waals surface area (Å²) >= 11 is 0. The summed E-state index contributed by atoms with van der Waals surface area (Å²) < 4.78 is 0. The number of carbonyl (C=O) groups excluding carboxylic acids is 9. The van der Waals surface area contributed by atoms with Crippen molar-refractivity contribution in [2.24, 2.45) is 23.5 Å². The molecule has 1 aliphatic rings. The molecule has 9 amide bonds. The van der Waals surface area contributed by atoms with Crippen LogP contribution >= 0.6 is 0 Å². The lowest BCUT2D eigenvalue weighted by Gasteiger charge is -2.35. The van der Waals surface area contributed by atoms with Crippen molar-refractivity contribution in [2.45, 2.75) is 191 Å². The molecule has 15 N–H and O–H groups in total. The largest absolute Gasteiger partial charge is 0.481 e. The first-order valence-corrected chi connectivity index (χ1v) is 30.5. The van der Waals surface area contributed by atoms with Crippen LogP contribution in [0.5, 0.6) is 0 Å². The molecule has 1 aromatic heterocycles. The number of nitrogens with two attached hydrogens (primary N) is 1. The fraction of sp³-hybridized carbons (Fsp3) is 0.565. The summed E-state index contributed by atoms with van der Waals surface area (Å²) in [6.45, 7) is 8.97. The van der Waals surface area contributed by atoms with E-state index in [0.717, 1.165) is 37.0 Å². The number of carbonyl (C=O) groups is 12. The summed E-state index contributed by atoms with van der Waals surface area (Å²) in [6.07, 6.45) is 5.29. The van der Waals surface area contributed by atoms with Gasteiger partial charge < -0.3 is 78.6 Å². The van der Waals surface area contributed by atoms with Gasteiger partial charge in [-0.15, -0.1) is 0 Å². The van der Waals surface area contributed by atoms with E-state index in [1.807, 2.05) is 0 Å². The molecule has 11 atom stereocenters. The molecule has 0 radical (unpaired) electrons. The van der Waals surface area contributed by atoms with Crippen molar-refractivity contribution in [3.63, 3.8) is 0 Å². The Labute approximate surface area is 523 Å². The van der Waals surface area contributed by atoms with Gasteiger partial charge in [0.2, 0.25) is 53.2 Å². The van der Waals surface area contributed by atoms with E-state index in [1.165, 1.54) is 26.5 Å².